The summed E-state index contributed by atoms with van der Waals surface area (Å²) in [5.41, 5.74) is 1.31. The zero-order valence-corrected chi connectivity index (χ0v) is 12.9. The summed E-state index contributed by atoms with van der Waals surface area (Å²) in [4.78, 5) is 0. The number of nitrogens with one attached hydrogen (secondary N) is 1. The molecule has 0 aliphatic rings. The quantitative estimate of drug-likeness (QED) is 0.745. The first-order chi connectivity index (χ1) is 8.96. The van der Waals surface area contributed by atoms with Gasteiger partial charge in [-0.1, -0.05) is 51.1 Å². The minimum atomic E-state index is -2.86. The van der Waals surface area contributed by atoms with Gasteiger partial charge in [0.1, 0.15) is 0 Å². The van der Waals surface area contributed by atoms with Gasteiger partial charge in [-0.2, -0.15) is 0 Å². The van der Waals surface area contributed by atoms with E-state index in [0.29, 0.717) is 18.4 Å². The molecule has 4 heteroatoms. The second-order valence-corrected chi connectivity index (χ2v) is 7.67. The van der Waals surface area contributed by atoms with E-state index in [1.165, 1.54) is 5.56 Å². The average molecular weight is 283 g/mol. The van der Waals surface area contributed by atoms with Crippen molar-refractivity contribution in [1.82, 2.24) is 5.32 Å². The van der Waals surface area contributed by atoms with Crippen molar-refractivity contribution in [3.05, 3.63) is 35.9 Å². The third-order valence-corrected chi connectivity index (χ3v) is 5.13. The van der Waals surface area contributed by atoms with E-state index in [1.807, 2.05) is 18.2 Å². The van der Waals surface area contributed by atoms with E-state index in [-0.39, 0.29) is 11.5 Å². The van der Waals surface area contributed by atoms with Crippen molar-refractivity contribution in [1.29, 1.82) is 0 Å². The number of rotatable bonds is 8. The van der Waals surface area contributed by atoms with Gasteiger partial charge in [-0.25, -0.2) is 8.42 Å². The third-order valence-electron chi connectivity index (χ3n) is 3.43. The van der Waals surface area contributed by atoms with E-state index in [2.05, 4.69) is 31.3 Å². The van der Waals surface area contributed by atoms with Gasteiger partial charge in [0.25, 0.3) is 0 Å². The van der Waals surface area contributed by atoms with Crippen LogP contribution in [0.4, 0.5) is 0 Å². The maximum atomic E-state index is 11.4. The van der Waals surface area contributed by atoms with Crippen LogP contribution in [0, 0.1) is 5.92 Å². The number of sulfone groups is 1. The lowest BCUT2D eigenvalue weighted by Gasteiger charge is -2.22. The first-order valence-electron chi connectivity index (χ1n) is 6.92. The van der Waals surface area contributed by atoms with Crippen LogP contribution < -0.4 is 5.32 Å². The van der Waals surface area contributed by atoms with E-state index >= 15 is 0 Å². The molecule has 0 aliphatic heterocycles. The topological polar surface area (TPSA) is 46.2 Å². The summed E-state index contributed by atoms with van der Waals surface area (Å²) in [7, 11) is -2.86. The Labute approximate surface area is 117 Å². The van der Waals surface area contributed by atoms with Gasteiger partial charge in [0.2, 0.25) is 0 Å². The molecule has 1 aromatic rings. The molecule has 0 saturated heterocycles. The first kappa shape index (κ1) is 16.2. The molecule has 0 bridgehead atoms. The van der Waals surface area contributed by atoms with Gasteiger partial charge in [-0.05, 0) is 17.4 Å². The van der Waals surface area contributed by atoms with Gasteiger partial charge >= 0.3 is 0 Å². The van der Waals surface area contributed by atoms with Gasteiger partial charge in [0, 0.05) is 18.8 Å². The second-order valence-electron chi connectivity index (χ2n) is 5.20. The zero-order valence-electron chi connectivity index (χ0n) is 12.1. The van der Waals surface area contributed by atoms with Crippen LogP contribution in [-0.2, 0) is 9.84 Å². The van der Waals surface area contributed by atoms with Crippen LogP contribution in [0.25, 0.3) is 0 Å². The van der Waals surface area contributed by atoms with Gasteiger partial charge in [0.05, 0.1) is 5.75 Å². The lowest BCUT2D eigenvalue weighted by molar-refractivity contribution is 0.467. The maximum Gasteiger partial charge on any atom is 0.151 e. The highest BCUT2D eigenvalue weighted by Gasteiger charge is 2.15. The van der Waals surface area contributed by atoms with Crippen molar-refractivity contribution in [2.75, 3.05) is 24.6 Å². The fraction of sp³-hybridized carbons (Fsp3) is 0.600. The molecule has 108 valence electrons. The zero-order chi connectivity index (χ0) is 14.3. The lowest BCUT2D eigenvalue weighted by atomic mass is 9.88. The summed E-state index contributed by atoms with van der Waals surface area (Å²) in [6, 6.07) is 10.4. The Hall–Kier alpha value is -0.870. The Bertz CT molecular complexity index is 454. The molecule has 19 heavy (non-hydrogen) atoms. The monoisotopic (exact) mass is 283 g/mol. The summed E-state index contributed by atoms with van der Waals surface area (Å²) in [6.45, 7) is 7.44. The van der Waals surface area contributed by atoms with Crippen molar-refractivity contribution >= 4 is 9.84 Å². The molecule has 0 fully saturated rings. The highest BCUT2D eigenvalue weighted by molar-refractivity contribution is 7.91. The summed E-state index contributed by atoms with van der Waals surface area (Å²) in [6.07, 6.45) is 0. The normalized spacial score (nSPS) is 13.7. The molecule has 1 rings (SSSR count). The molecule has 0 radical (unpaired) electrons. The van der Waals surface area contributed by atoms with Crippen LogP contribution in [-0.4, -0.2) is 33.0 Å². The average Bonchev–Trinajstić information content (AvgIpc) is 2.39. The van der Waals surface area contributed by atoms with E-state index in [9.17, 15) is 8.42 Å². The summed E-state index contributed by atoms with van der Waals surface area (Å²) in [5, 5.41) is 3.28. The fourth-order valence-corrected chi connectivity index (χ4v) is 2.81. The molecule has 0 aromatic heterocycles. The summed E-state index contributed by atoms with van der Waals surface area (Å²) < 4.78 is 22.8. The molecule has 0 heterocycles. The minimum absolute atomic E-state index is 0.223. The maximum absolute atomic E-state index is 11.4. The summed E-state index contributed by atoms with van der Waals surface area (Å²) >= 11 is 0. The van der Waals surface area contributed by atoms with Gasteiger partial charge in [-0.15, -0.1) is 0 Å². The van der Waals surface area contributed by atoms with Crippen molar-refractivity contribution < 1.29 is 8.42 Å². The van der Waals surface area contributed by atoms with Gasteiger partial charge in [-0.3, -0.25) is 0 Å². The van der Waals surface area contributed by atoms with Crippen molar-refractivity contribution in [3.8, 4) is 0 Å². The largest absolute Gasteiger partial charge is 0.315 e. The molecule has 1 N–H and O–H groups in total. The predicted octanol–water partition coefficient (Wildman–Crippen LogP) is 2.45. The van der Waals surface area contributed by atoms with E-state index in [0.717, 1.165) is 6.54 Å². The summed E-state index contributed by atoms with van der Waals surface area (Å²) in [5.74, 6) is 1.40. The molecule has 0 spiro atoms. The molecule has 0 aliphatic carbocycles. The van der Waals surface area contributed by atoms with Crippen molar-refractivity contribution in [3.63, 3.8) is 0 Å². The molecule has 1 atom stereocenters. The molecule has 1 aromatic carbocycles. The molecule has 1 unspecified atom stereocenters. The predicted molar refractivity (Wildman–Crippen MR) is 81.2 cm³/mol. The third kappa shape index (κ3) is 5.74. The standard InChI is InChI=1S/C15H25NO2S/c1-4-19(17,18)11-10-16-12-15(13(2)3)14-8-6-5-7-9-14/h5-9,13,15-16H,4,10-12H2,1-3H3. The van der Waals surface area contributed by atoms with Crippen molar-refractivity contribution in [2.45, 2.75) is 26.7 Å². The van der Waals surface area contributed by atoms with Crippen molar-refractivity contribution in [2.24, 2.45) is 5.92 Å². The lowest BCUT2D eigenvalue weighted by Crippen LogP contribution is -2.29. The molecule has 3 nitrogen and oxygen atoms in total. The van der Waals surface area contributed by atoms with E-state index in [4.69, 9.17) is 0 Å². The molecular formula is C15H25NO2S. The Morgan fingerprint density at radius 1 is 1.16 bits per heavy atom. The first-order valence-corrected chi connectivity index (χ1v) is 8.74. The Balaban J connectivity index is 2.49. The smallest absolute Gasteiger partial charge is 0.151 e. The van der Waals surface area contributed by atoms with Gasteiger partial charge < -0.3 is 5.32 Å². The SMILES string of the molecule is CCS(=O)(=O)CCNCC(c1ccccc1)C(C)C. The fourth-order valence-electron chi connectivity index (χ4n) is 2.07. The number of benzene rings is 1. The van der Waals surface area contributed by atoms with Crippen LogP contribution in [0.3, 0.4) is 0 Å². The van der Waals surface area contributed by atoms with Crippen LogP contribution >= 0.6 is 0 Å². The van der Waals surface area contributed by atoms with Crippen LogP contribution in [0.5, 0.6) is 0 Å². The van der Waals surface area contributed by atoms with Crippen LogP contribution in [0.1, 0.15) is 32.3 Å². The van der Waals surface area contributed by atoms with E-state index < -0.39 is 9.84 Å². The van der Waals surface area contributed by atoms with Gasteiger partial charge in [0.15, 0.2) is 9.84 Å². The Kier molecular flexibility index (Phi) is 6.52. The molecule has 0 amide bonds. The van der Waals surface area contributed by atoms with Crippen LogP contribution in [0.2, 0.25) is 0 Å². The highest BCUT2D eigenvalue weighted by Crippen LogP contribution is 2.23. The number of hydrogen-bond acceptors (Lipinski definition) is 3. The van der Waals surface area contributed by atoms with Crippen LogP contribution in [0.15, 0.2) is 30.3 Å². The van der Waals surface area contributed by atoms with E-state index in [1.54, 1.807) is 6.92 Å². The Morgan fingerprint density at radius 3 is 2.32 bits per heavy atom. The molecule has 0 saturated carbocycles. The highest BCUT2D eigenvalue weighted by atomic mass is 32.2. The molecular weight excluding hydrogens is 258 g/mol. The number of hydrogen-bond donors (Lipinski definition) is 1. The second kappa shape index (κ2) is 7.65. The Morgan fingerprint density at radius 2 is 1.79 bits per heavy atom. The minimum Gasteiger partial charge on any atom is -0.315 e.